The number of aryl methyl sites for hydroxylation is 1. The van der Waals surface area contributed by atoms with Crippen LogP contribution in [0.2, 0.25) is 0 Å². The van der Waals surface area contributed by atoms with E-state index in [9.17, 15) is 18.0 Å². The van der Waals surface area contributed by atoms with Crippen LogP contribution in [0.4, 0.5) is 18.9 Å². The van der Waals surface area contributed by atoms with Gasteiger partial charge in [-0.2, -0.15) is 13.2 Å². The Labute approximate surface area is 168 Å². The number of para-hydroxylation sites is 1. The van der Waals surface area contributed by atoms with Crippen molar-refractivity contribution in [3.63, 3.8) is 0 Å². The number of anilines is 1. The third kappa shape index (κ3) is 4.56. The van der Waals surface area contributed by atoms with Gasteiger partial charge >= 0.3 is 6.18 Å². The first-order valence-corrected chi connectivity index (χ1v) is 10.2. The Morgan fingerprint density at radius 1 is 1.29 bits per heavy atom. The number of benzene rings is 1. The monoisotopic (exact) mass is 426 g/mol. The molecule has 0 aliphatic carbocycles. The van der Waals surface area contributed by atoms with Crippen molar-refractivity contribution in [2.24, 2.45) is 0 Å². The van der Waals surface area contributed by atoms with E-state index in [1.165, 1.54) is 18.2 Å². The molecule has 0 fully saturated rings. The van der Waals surface area contributed by atoms with Gasteiger partial charge in [0.2, 0.25) is 5.91 Å². The van der Waals surface area contributed by atoms with Crippen LogP contribution in [-0.2, 0) is 17.5 Å². The van der Waals surface area contributed by atoms with E-state index in [-0.39, 0.29) is 11.4 Å². The highest BCUT2D eigenvalue weighted by Gasteiger charge is 2.33. The van der Waals surface area contributed by atoms with Gasteiger partial charge < -0.3 is 9.88 Å². The lowest BCUT2D eigenvalue weighted by Crippen LogP contribution is -2.18. The van der Waals surface area contributed by atoms with Gasteiger partial charge in [0.05, 0.1) is 17.0 Å². The van der Waals surface area contributed by atoms with Crippen molar-refractivity contribution in [1.29, 1.82) is 0 Å². The molecule has 0 spiro atoms. The molecule has 0 bridgehead atoms. The molecule has 0 radical (unpaired) electrons. The lowest BCUT2D eigenvalue weighted by atomic mass is 10.1. The summed E-state index contributed by atoms with van der Waals surface area (Å²) in [7, 11) is 0. The topological polar surface area (TPSA) is 59.8 Å². The molecule has 10 heteroatoms. The number of rotatable bonds is 6. The molecule has 3 aromatic rings. The number of aromatic nitrogens is 3. The predicted molar refractivity (Wildman–Crippen MR) is 105 cm³/mol. The predicted octanol–water partition coefficient (Wildman–Crippen LogP) is 5.08. The first-order valence-electron chi connectivity index (χ1n) is 8.37. The second-order valence-electron chi connectivity index (χ2n) is 5.88. The zero-order valence-corrected chi connectivity index (χ0v) is 16.7. The number of alkyl halides is 3. The lowest BCUT2D eigenvalue weighted by Gasteiger charge is -2.13. The summed E-state index contributed by atoms with van der Waals surface area (Å²) in [4.78, 5) is 13.3. The van der Waals surface area contributed by atoms with Crippen molar-refractivity contribution in [2.75, 3.05) is 11.1 Å². The quantitative estimate of drug-likeness (QED) is 0.558. The van der Waals surface area contributed by atoms with Crippen molar-refractivity contribution >= 4 is 34.7 Å². The van der Waals surface area contributed by atoms with E-state index < -0.39 is 17.6 Å². The average molecular weight is 426 g/mol. The summed E-state index contributed by atoms with van der Waals surface area (Å²) in [5, 5.41) is 13.2. The molecule has 2 aromatic heterocycles. The fraction of sp³-hybridized carbons (Fsp3) is 0.278. The van der Waals surface area contributed by atoms with E-state index in [1.807, 2.05) is 29.9 Å². The first kappa shape index (κ1) is 20.4. The van der Waals surface area contributed by atoms with Crippen LogP contribution in [0.3, 0.4) is 0 Å². The molecule has 0 aliphatic heterocycles. The average Bonchev–Trinajstić information content (AvgIpc) is 3.25. The number of hydrogen-bond donors (Lipinski definition) is 1. The fourth-order valence-corrected chi connectivity index (χ4v) is 4.09. The maximum atomic E-state index is 13.0. The van der Waals surface area contributed by atoms with Crippen molar-refractivity contribution in [1.82, 2.24) is 14.8 Å². The minimum atomic E-state index is -4.53. The highest BCUT2D eigenvalue weighted by Crippen LogP contribution is 2.34. The Balaban J connectivity index is 1.70. The molecule has 0 unspecified atom stereocenters. The Hall–Kier alpha value is -2.33. The molecule has 1 amide bonds. The molecule has 0 aliphatic rings. The number of amides is 1. The number of thiophene rings is 1. The van der Waals surface area contributed by atoms with Gasteiger partial charge in [-0.25, -0.2) is 0 Å². The van der Waals surface area contributed by atoms with E-state index in [1.54, 1.807) is 11.3 Å². The van der Waals surface area contributed by atoms with Gasteiger partial charge in [0, 0.05) is 22.4 Å². The van der Waals surface area contributed by atoms with Gasteiger partial charge in [0.15, 0.2) is 11.0 Å². The summed E-state index contributed by atoms with van der Waals surface area (Å²) in [6.45, 7) is 4.55. The lowest BCUT2D eigenvalue weighted by molar-refractivity contribution is -0.137. The second kappa shape index (κ2) is 8.36. The summed E-state index contributed by atoms with van der Waals surface area (Å²) >= 11 is 2.74. The third-order valence-electron chi connectivity index (χ3n) is 3.86. The minimum absolute atomic E-state index is 0.0764. The molecule has 5 nitrogen and oxygen atoms in total. The number of hydrogen-bond acceptors (Lipinski definition) is 5. The number of nitrogens with zero attached hydrogens (tertiary/aromatic N) is 3. The number of carbonyl (C=O) groups excluding carboxylic acids is 1. The molecule has 0 atom stereocenters. The molecule has 1 N–H and O–H groups in total. The Kier molecular flexibility index (Phi) is 6.09. The zero-order valence-electron chi connectivity index (χ0n) is 15.1. The largest absolute Gasteiger partial charge is 0.418 e. The van der Waals surface area contributed by atoms with Crippen LogP contribution in [0, 0.1) is 6.92 Å². The standard InChI is InChI=1S/C18H17F3N4OS2/c1-3-25-16(12-8-11(2)27-9-12)23-24-17(25)28-10-15(26)22-14-7-5-4-6-13(14)18(19,20)21/h4-9H,3,10H2,1-2H3,(H,22,26). The summed E-state index contributed by atoms with van der Waals surface area (Å²) in [6, 6.07) is 6.91. The fourth-order valence-electron chi connectivity index (χ4n) is 2.61. The smallest absolute Gasteiger partial charge is 0.325 e. The van der Waals surface area contributed by atoms with Crippen LogP contribution in [0.15, 0.2) is 40.9 Å². The number of halogens is 3. The van der Waals surface area contributed by atoms with Crippen LogP contribution in [-0.4, -0.2) is 26.4 Å². The number of carbonyl (C=O) groups is 1. The summed E-state index contributed by atoms with van der Waals surface area (Å²) in [6.07, 6.45) is -4.53. The van der Waals surface area contributed by atoms with Crippen LogP contribution >= 0.6 is 23.1 Å². The SMILES string of the molecule is CCn1c(SCC(=O)Nc2ccccc2C(F)(F)F)nnc1-c1csc(C)c1. The maximum Gasteiger partial charge on any atom is 0.418 e. The van der Waals surface area contributed by atoms with Crippen LogP contribution in [0.5, 0.6) is 0 Å². The van der Waals surface area contributed by atoms with Crippen molar-refractivity contribution in [3.05, 3.63) is 46.2 Å². The van der Waals surface area contributed by atoms with Crippen molar-refractivity contribution in [3.8, 4) is 11.4 Å². The Morgan fingerprint density at radius 3 is 2.68 bits per heavy atom. The zero-order chi connectivity index (χ0) is 20.3. The van der Waals surface area contributed by atoms with Crippen LogP contribution in [0.1, 0.15) is 17.4 Å². The molecule has 28 heavy (non-hydrogen) atoms. The van der Waals surface area contributed by atoms with Crippen LogP contribution in [0.25, 0.3) is 11.4 Å². The molecule has 0 saturated heterocycles. The van der Waals surface area contributed by atoms with Gasteiger partial charge in [0.1, 0.15) is 0 Å². The van der Waals surface area contributed by atoms with Gasteiger partial charge in [-0.1, -0.05) is 23.9 Å². The second-order valence-corrected chi connectivity index (χ2v) is 7.93. The van der Waals surface area contributed by atoms with Gasteiger partial charge in [-0.05, 0) is 32.0 Å². The first-order chi connectivity index (χ1) is 13.3. The molecule has 0 saturated carbocycles. The number of nitrogens with one attached hydrogen (secondary N) is 1. The molecular weight excluding hydrogens is 409 g/mol. The van der Waals surface area contributed by atoms with E-state index in [0.29, 0.717) is 17.5 Å². The van der Waals surface area contributed by atoms with Crippen LogP contribution < -0.4 is 5.32 Å². The highest BCUT2D eigenvalue weighted by molar-refractivity contribution is 7.99. The number of thioether (sulfide) groups is 1. The normalized spacial score (nSPS) is 11.6. The molecule has 3 rings (SSSR count). The van der Waals surface area contributed by atoms with Gasteiger partial charge in [-0.15, -0.1) is 21.5 Å². The molecule has 2 heterocycles. The maximum absolute atomic E-state index is 13.0. The van der Waals surface area contributed by atoms with Crippen molar-refractivity contribution in [2.45, 2.75) is 31.7 Å². The molecular formula is C18H17F3N4OS2. The summed E-state index contributed by atoms with van der Waals surface area (Å²) < 4.78 is 41.0. The molecule has 148 valence electrons. The summed E-state index contributed by atoms with van der Waals surface area (Å²) in [5.41, 5.74) is -0.181. The van der Waals surface area contributed by atoms with Gasteiger partial charge in [-0.3, -0.25) is 4.79 Å². The third-order valence-corrected chi connectivity index (χ3v) is 5.69. The van der Waals surface area contributed by atoms with Crippen molar-refractivity contribution < 1.29 is 18.0 Å². The summed E-state index contributed by atoms with van der Waals surface area (Å²) in [5.74, 6) is 0.0879. The van der Waals surface area contributed by atoms with E-state index in [2.05, 4.69) is 15.5 Å². The van der Waals surface area contributed by atoms with E-state index >= 15 is 0 Å². The Bertz CT molecular complexity index is 981. The highest BCUT2D eigenvalue weighted by atomic mass is 32.2. The van der Waals surface area contributed by atoms with Gasteiger partial charge in [0.25, 0.3) is 0 Å². The van der Waals surface area contributed by atoms with E-state index in [4.69, 9.17) is 0 Å². The van der Waals surface area contributed by atoms with E-state index in [0.717, 1.165) is 28.3 Å². The Morgan fingerprint density at radius 2 is 2.04 bits per heavy atom. The minimum Gasteiger partial charge on any atom is -0.325 e. The molecule has 1 aromatic carbocycles.